The van der Waals surface area contributed by atoms with Crippen LogP contribution in [0.4, 0.5) is 17.6 Å². The van der Waals surface area contributed by atoms with E-state index in [0.717, 1.165) is 25.1 Å². The van der Waals surface area contributed by atoms with Crippen molar-refractivity contribution in [1.82, 2.24) is 0 Å². The zero-order valence-electron chi connectivity index (χ0n) is 8.73. The van der Waals surface area contributed by atoms with Crippen LogP contribution in [0.15, 0.2) is 18.2 Å². The Morgan fingerprint density at radius 2 is 1.81 bits per heavy atom. The molecule has 0 bridgehead atoms. The van der Waals surface area contributed by atoms with E-state index in [0.29, 0.717) is 6.92 Å². The van der Waals surface area contributed by atoms with Crippen molar-refractivity contribution in [3.8, 4) is 0 Å². The summed E-state index contributed by atoms with van der Waals surface area (Å²) >= 11 is 0. The highest BCUT2D eigenvalue weighted by molar-refractivity contribution is 5.94. The molecule has 1 rings (SSSR count). The molecule has 0 atom stereocenters. The van der Waals surface area contributed by atoms with Gasteiger partial charge >= 0.3 is 0 Å². The maximum absolute atomic E-state index is 13.0. The van der Waals surface area contributed by atoms with Crippen molar-refractivity contribution >= 4 is 5.78 Å². The highest BCUT2D eigenvalue weighted by Gasteiger charge is 2.26. The van der Waals surface area contributed by atoms with Gasteiger partial charge in [0.15, 0.2) is 5.78 Å². The molecule has 0 saturated heterocycles. The molecule has 0 saturated carbocycles. The summed E-state index contributed by atoms with van der Waals surface area (Å²) in [7, 11) is 0. The zero-order valence-corrected chi connectivity index (χ0v) is 8.73. The Bertz CT molecular complexity index is 407. The van der Waals surface area contributed by atoms with Gasteiger partial charge in [-0.25, -0.2) is 17.6 Å². The fourth-order valence-corrected chi connectivity index (χ4v) is 1.23. The lowest BCUT2D eigenvalue weighted by atomic mass is 10.0. The number of alkyl halides is 4. The van der Waals surface area contributed by atoms with Gasteiger partial charge in [0, 0.05) is 23.6 Å². The van der Waals surface area contributed by atoms with Crippen molar-refractivity contribution in [3.05, 3.63) is 34.9 Å². The fraction of sp³-hybridized carbons (Fsp3) is 0.364. The van der Waals surface area contributed by atoms with Gasteiger partial charge in [0.1, 0.15) is 0 Å². The third-order valence-electron chi connectivity index (χ3n) is 2.12. The number of ketones is 1. The van der Waals surface area contributed by atoms with E-state index < -0.39 is 29.3 Å². The van der Waals surface area contributed by atoms with Gasteiger partial charge in [0.25, 0.3) is 12.3 Å². The van der Waals surface area contributed by atoms with Gasteiger partial charge in [-0.2, -0.15) is 0 Å². The quantitative estimate of drug-likeness (QED) is 0.572. The lowest BCUT2D eigenvalue weighted by Crippen LogP contribution is -2.09. The summed E-state index contributed by atoms with van der Waals surface area (Å²) in [5, 5.41) is 0. The first-order valence-corrected chi connectivity index (χ1v) is 4.54. The number of benzene rings is 1. The van der Waals surface area contributed by atoms with Crippen molar-refractivity contribution in [2.45, 2.75) is 26.2 Å². The minimum Gasteiger partial charge on any atom is -0.295 e. The normalized spacial score (nSPS) is 11.9. The third-order valence-corrected chi connectivity index (χ3v) is 2.12. The Kier molecular flexibility index (Phi) is 3.35. The summed E-state index contributed by atoms with van der Waals surface area (Å²) < 4.78 is 50.8. The van der Waals surface area contributed by atoms with Gasteiger partial charge in [-0.1, -0.05) is 0 Å². The summed E-state index contributed by atoms with van der Waals surface area (Å²) in [4.78, 5) is 11.0. The number of carbonyl (C=O) groups excluding carboxylic acids is 1. The molecule has 1 aromatic rings. The Balaban J connectivity index is 3.36. The molecule has 0 unspecified atom stereocenters. The Morgan fingerprint density at radius 1 is 1.25 bits per heavy atom. The zero-order chi connectivity index (χ0) is 12.5. The van der Waals surface area contributed by atoms with Crippen molar-refractivity contribution in [3.63, 3.8) is 0 Å². The monoisotopic (exact) mass is 234 g/mol. The average Bonchev–Trinajstić information content (AvgIpc) is 2.15. The minimum atomic E-state index is -3.24. The van der Waals surface area contributed by atoms with Crippen LogP contribution in [0.25, 0.3) is 0 Å². The molecule has 16 heavy (non-hydrogen) atoms. The van der Waals surface area contributed by atoms with E-state index in [4.69, 9.17) is 0 Å². The number of hydrogen-bond donors (Lipinski definition) is 0. The molecule has 5 heteroatoms. The fourth-order valence-electron chi connectivity index (χ4n) is 1.23. The van der Waals surface area contributed by atoms with Crippen molar-refractivity contribution in [2.24, 2.45) is 0 Å². The maximum atomic E-state index is 13.0. The first-order chi connectivity index (χ1) is 7.21. The van der Waals surface area contributed by atoms with Crippen LogP contribution in [-0.4, -0.2) is 5.78 Å². The second-order valence-corrected chi connectivity index (χ2v) is 3.59. The van der Waals surface area contributed by atoms with E-state index >= 15 is 0 Å². The molecular formula is C11H10F4O. The van der Waals surface area contributed by atoms with Gasteiger partial charge in [0.05, 0.1) is 0 Å². The molecule has 88 valence electrons. The number of hydrogen-bond acceptors (Lipinski definition) is 1. The molecular weight excluding hydrogens is 224 g/mol. The average molecular weight is 234 g/mol. The van der Waals surface area contributed by atoms with E-state index in [1.807, 2.05) is 0 Å². The Hall–Kier alpha value is -1.39. The SMILES string of the molecule is CC(=O)c1cc(C(F)F)cc(C(C)(F)F)c1. The maximum Gasteiger partial charge on any atom is 0.270 e. The van der Waals surface area contributed by atoms with Gasteiger partial charge < -0.3 is 0 Å². The van der Waals surface area contributed by atoms with Gasteiger partial charge in [0.2, 0.25) is 0 Å². The van der Waals surface area contributed by atoms with Crippen LogP contribution in [0.5, 0.6) is 0 Å². The summed E-state index contributed by atoms with van der Waals surface area (Å²) in [5.41, 5.74) is -1.27. The van der Waals surface area contributed by atoms with Crippen molar-refractivity contribution in [1.29, 1.82) is 0 Å². The van der Waals surface area contributed by atoms with Crippen LogP contribution in [0.1, 0.15) is 41.8 Å². The number of halogens is 4. The van der Waals surface area contributed by atoms with Gasteiger partial charge in [-0.15, -0.1) is 0 Å². The predicted octanol–water partition coefficient (Wildman–Crippen LogP) is 3.94. The van der Waals surface area contributed by atoms with Crippen LogP contribution >= 0.6 is 0 Å². The second-order valence-electron chi connectivity index (χ2n) is 3.59. The molecule has 0 N–H and O–H groups in total. The van der Waals surface area contributed by atoms with Gasteiger partial charge in [-0.3, -0.25) is 4.79 Å². The first-order valence-electron chi connectivity index (χ1n) is 4.54. The highest BCUT2D eigenvalue weighted by atomic mass is 19.3. The predicted molar refractivity (Wildman–Crippen MR) is 51.0 cm³/mol. The van der Waals surface area contributed by atoms with Crippen molar-refractivity contribution in [2.75, 3.05) is 0 Å². The molecule has 1 nitrogen and oxygen atoms in total. The summed E-state index contributed by atoms with van der Waals surface area (Å²) in [5.74, 6) is -3.76. The van der Waals surface area contributed by atoms with Crippen LogP contribution in [-0.2, 0) is 5.92 Å². The molecule has 1 aromatic carbocycles. The Labute approximate surface area is 90.1 Å². The summed E-state index contributed by atoms with van der Waals surface area (Å²) in [6, 6.07) is 2.59. The molecule has 0 aliphatic rings. The largest absolute Gasteiger partial charge is 0.295 e. The van der Waals surface area contributed by atoms with Crippen LogP contribution in [0, 0.1) is 0 Å². The topological polar surface area (TPSA) is 17.1 Å². The molecule has 0 radical (unpaired) electrons. The summed E-state index contributed by atoms with van der Waals surface area (Å²) in [6.07, 6.45) is -2.87. The molecule has 0 fully saturated rings. The second kappa shape index (κ2) is 4.23. The number of carbonyl (C=O) groups is 1. The molecule has 0 amide bonds. The van der Waals surface area contributed by atoms with Crippen LogP contribution in [0.2, 0.25) is 0 Å². The smallest absolute Gasteiger partial charge is 0.270 e. The lowest BCUT2D eigenvalue weighted by Gasteiger charge is -2.13. The van der Waals surface area contributed by atoms with Crippen molar-refractivity contribution < 1.29 is 22.4 Å². The third kappa shape index (κ3) is 2.81. The molecule has 0 aromatic heterocycles. The van der Waals surface area contributed by atoms with Crippen LogP contribution in [0.3, 0.4) is 0 Å². The molecule has 0 heterocycles. The molecule has 0 aliphatic heterocycles. The number of rotatable bonds is 3. The van der Waals surface area contributed by atoms with E-state index in [1.165, 1.54) is 0 Å². The van der Waals surface area contributed by atoms with E-state index in [1.54, 1.807) is 0 Å². The highest BCUT2D eigenvalue weighted by Crippen LogP contribution is 2.31. The van der Waals surface area contributed by atoms with Gasteiger partial charge in [-0.05, 0) is 25.1 Å². The van der Waals surface area contributed by atoms with E-state index in [2.05, 4.69) is 0 Å². The summed E-state index contributed by atoms with van der Waals surface area (Å²) in [6.45, 7) is 1.74. The van der Waals surface area contributed by atoms with E-state index in [9.17, 15) is 22.4 Å². The Morgan fingerprint density at radius 3 is 2.19 bits per heavy atom. The van der Waals surface area contributed by atoms with E-state index in [-0.39, 0.29) is 5.56 Å². The lowest BCUT2D eigenvalue weighted by molar-refractivity contribution is 0.0171. The first kappa shape index (κ1) is 12.7. The standard InChI is InChI=1S/C11H10F4O/c1-6(16)7-3-8(10(12)13)5-9(4-7)11(2,14)15/h3-5,10H,1-2H3. The number of Topliss-reactive ketones (excluding diaryl/α,β-unsaturated/α-hetero) is 1. The molecule has 0 spiro atoms. The molecule has 0 aliphatic carbocycles. The van der Waals surface area contributed by atoms with Crippen LogP contribution < -0.4 is 0 Å². The minimum absolute atomic E-state index is 0.130.